The number of hydrogen-bond donors (Lipinski definition) is 2. The van der Waals surface area contributed by atoms with Gasteiger partial charge in [0.05, 0.1) is 0 Å². The lowest BCUT2D eigenvalue weighted by molar-refractivity contribution is -0.136. The number of carboxylic acids is 1. The van der Waals surface area contributed by atoms with E-state index in [0.29, 0.717) is 12.8 Å². The van der Waals surface area contributed by atoms with E-state index in [4.69, 9.17) is 5.73 Å². The molecule has 0 saturated heterocycles. The van der Waals surface area contributed by atoms with Crippen LogP contribution in [0.1, 0.15) is 45.1 Å². The summed E-state index contributed by atoms with van der Waals surface area (Å²) in [5.74, 6) is -1.37. The zero-order valence-electron chi connectivity index (χ0n) is 12.5. The molecule has 116 valence electrons. The van der Waals surface area contributed by atoms with E-state index in [1.807, 2.05) is 44.2 Å². The normalized spacial score (nSPS) is 15.1. The van der Waals surface area contributed by atoms with Crippen LogP contribution < -0.4 is 5.73 Å². The predicted molar refractivity (Wildman–Crippen MR) is 86.1 cm³/mol. The lowest BCUT2D eigenvalue weighted by atomic mass is 9.95. The van der Waals surface area contributed by atoms with Crippen molar-refractivity contribution in [2.45, 2.75) is 49.5 Å². The van der Waals surface area contributed by atoms with Crippen LogP contribution in [0.5, 0.6) is 0 Å². The van der Waals surface area contributed by atoms with Gasteiger partial charge in [0.25, 0.3) is 0 Å². The van der Waals surface area contributed by atoms with Crippen molar-refractivity contribution in [3.05, 3.63) is 35.9 Å². The standard InChI is InChI=1S/C16H23NO3S/c1-3-5-11-13(14(18)19)21-16(4-2,15(17)20)12-9-7-6-8-10-12/h6-10,13H,3-5,11H2,1-2H3,(H2,17,20)(H,18,19)/t13-,16+/m0/s1. The summed E-state index contributed by atoms with van der Waals surface area (Å²) in [6.45, 7) is 3.88. The smallest absolute Gasteiger partial charge is 0.316 e. The third kappa shape index (κ3) is 4.24. The van der Waals surface area contributed by atoms with Gasteiger partial charge in [-0.2, -0.15) is 0 Å². The lowest BCUT2D eigenvalue weighted by Crippen LogP contribution is -2.40. The molecule has 0 unspecified atom stereocenters. The minimum Gasteiger partial charge on any atom is -0.480 e. The fourth-order valence-electron chi connectivity index (χ4n) is 2.30. The van der Waals surface area contributed by atoms with Crippen LogP contribution in [0.2, 0.25) is 0 Å². The van der Waals surface area contributed by atoms with Crippen molar-refractivity contribution in [1.29, 1.82) is 0 Å². The minimum atomic E-state index is -0.988. The highest BCUT2D eigenvalue weighted by molar-refractivity contribution is 8.02. The molecular formula is C16H23NO3S. The highest BCUT2D eigenvalue weighted by atomic mass is 32.2. The van der Waals surface area contributed by atoms with Gasteiger partial charge in [0, 0.05) is 0 Å². The Kier molecular flexibility index (Phi) is 6.75. The molecule has 0 aliphatic heterocycles. The van der Waals surface area contributed by atoms with Crippen molar-refractivity contribution in [3.63, 3.8) is 0 Å². The number of rotatable bonds is 9. The molecule has 0 radical (unpaired) electrons. The number of amides is 1. The van der Waals surface area contributed by atoms with Crippen LogP contribution in [-0.4, -0.2) is 22.2 Å². The molecule has 0 aromatic heterocycles. The minimum absolute atomic E-state index is 0.465. The Morgan fingerprint density at radius 2 is 1.90 bits per heavy atom. The number of carboxylic acid groups (broad SMARTS) is 1. The fourth-order valence-corrected chi connectivity index (χ4v) is 3.73. The zero-order valence-corrected chi connectivity index (χ0v) is 13.4. The summed E-state index contributed by atoms with van der Waals surface area (Å²) in [4.78, 5) is 23.6. The highest BCUT2D eigenvalue weighted by Crippen LogP contribution is 2.43. The molecule has 2 atom stereocenters. The SMILES string of the molecule is CCCC[C@H](S[C@@](CC)(C(N)=O)c1ccccc1)C(=O)O. The molecule has 5 heteroatoms. The van der Waals surface area contributed by atoms with Gasteiger partial charge in [-0.3, -0.25) is 9.59 Å². The molecule has 1 aromatic rings. The van der Waals surface area contributed by atoms with Crippen LogP contribution in [0.25, 0.3) is 0 Å². The van der Waals surface area contributed by atoms with Gasteiger partial charge in [-0.05, 0) is 18.4 Å². The molecule has 1 rings (SSSR count). The number of primary amides is 1. The summed E-state index contributed by atoms with van der Waals surface area (Å²) in [6.07, 6.45) is 2.74. The molecule has 0 fully saturated rings. The highest BCUT2D eigenvalue weighted by Gasteiger charge is 2.41. The fraction of sp³-hybridized carbons (Fsp3) is 0.500. The van der Waals surface area contributed by atoms with Crippen molar-refractivity contribution in [1.82, 2.24) is 0 Å². The average molecular weight is 309 g/mol. The van der Waals surface area contributed by atoms with Crippen molar-refractivity contribution in [2.24, 2.45) is 5.73 Å². The first kappa shape index (κ1) is 17.6. The van der Waals surface area contributed by atoms with Crippen LogP contribution >= 0.6 is 11.8 Å². The molecule has 0 saturated carbocycles. The maximum absolute atomic E-state index is 12.1. The number of carbonyl (C=O) groups excluding carboxylic acids is 1. The van der Waals surface area contributed by atoms with Crippen LogP contribution in [-0.2, 0) is 14.3 Å². The van der Waals surface area contributed by atoms with E-state index >= 15 is 0 Å². The lowest BCUT2D eigenvalue weighted by Gasteiger charge is -2.32. The van der Waals surface area contributed by atoms with Gasteiger partial charge >= 0.3 is 5.97 Å². The largest absolute Gasteiger partial charge is 0.480 e. The average Bonchev–Trinajstić information content (AvgIpc) is 2.48. The third-order valence-electron chi connectivity index (χ3n) is 3.57. The number of nitrogens with two attached hydrogens (primary N) is 1. The summed E-state index contributed by atoms with van der Waals surface area (Å²) in [5, 5.41) is 8.79. The number of thioether (sulfide) groups is 1. The predicted octanol–water partition coefficient (Wildman–Crippen LogP) is 3.15. The number of aliphatic carboxylic acids is 1. The second kappa shape index (κ2) is 8.08. The summed E-state index contributed by atoms with van der Waals surface area (Å²) in [6, 6.07) is 9.21. The Bertz CT molecular complexity index is 478. The summed E-state index contributed by atoms with van der Waals surface area (Å²) < 4.78 is -0.988. The van der Waals surface area contributed by atoms with Gasteiger partial charge in [0.15, 0.2) is 0 Å². The van der Waals surface area contributed by atoms with E-state index in [1.165, 1.54) is 11.8 Å². The molecule has 4 nitrogen and oxygen atoms in total. The Hall–Kier alpha value is -1.49. The van der Waals surface area contributed by atoms with Crippen molar-refractivity contribution < 1.29 is 14.7 Å². The maximum atomic E-state index is 12.1. The van der Waals surface area contributed by atoms with Gasteiger partial charge in [0.2, 0.25) is 5.91 Å². The van der Waals surface area contributed by atoms with Crippen LogP contribution in [0, 0.1) is 0 Å². The van der Waals surface area contributed by atoms with E-state index in [1.54, 1.807) is 0 Å². The van der Waals surface area contributed by atoms with E-state index in [0.717, 1.165) is 18.4 Å². The molecule has 0 bridgehead atoms. The van der Waals surface area contributed by atoms with E-state index in [2.05, 4.69) is 0 Å². The molecular weight excluding hydrogens is 286 g/mol. The Labute approximate surface area is 130 Å². The first-order valence-electron chi connectivity index (χ1n) is 7.24. The first-order chi connectivity index (χ1) is 9.97. The number of hydrogen-bond acceptors (Lipinski definition) is 3. The number of benzene rings is 1. The van der Waals surface area contributed by atoms with Gasteiger partial charge in [0.1, 0.15) is 10.00 Å². The first-order valence-corrected chi connectivity index (χ1v) is 8.12. The topological polar surface area (TPSA) is 80.4 Å². The molecule has 1 amide bonds. The van der Waals surface area contributed by atoms with Crippen molar-refractivity contribution >= 4 is 23.6 Å². The van der Waals surface area contributed by atoms with E-state index in [-0.39, 0.29) is 0 Å². The Morgan fingerprint density at radius 3 is 2.33 bits per heavy atom. The Balaban J connectivity index is 3.13. The maximum Gasteiger partial charge on any atom is 0.316 e. The third-order valence-corrected chi connectivity index (χ3v) is 5.42. The van der Waals surface area contributed by atoms with Gasteiger partial charge in [-0.25, -0.2) is 0 Å². The molecule has 0 heterocycles. The summed E-state index contributed by atoms with van der Waals surface area (Å²) >= 11 is 1.17. The zero-order chi connectivity index (χ0) is 15.9. The molecule has 21 heavy (non-hydrogen) atoms. The molecule has 3 N–H and O–H groups in total. The second-order valence-corrected chi connectivity index (χ2v) is 6.50. The number of unbranched alkanes of at least 4 members (excludes halogenated alkanes) is 1. The molecule has 0 aliphatic carbocycles. The van der Waals surface area contributed by atoms with Crippen LogP contribution in [0.3, 0.4) is 0 Å². The van der Waals surface area contributed by atoms with E-state index in [9.17, 15) is 14.7 Å². The Morgan fingerprint density at radius 1 is 1.29 bits per heavy atom. The van der Waals surface area contributed by atoms with Gasteiger partial charge in [-0.1, -0.05) is 57.0 Å². The van der Waals surface area contributed by atoms with Gasteiger partial charge in [-0.15, -0.1) is 11.8 Å². The number of carbonyl (C=O) groups is 2. The molecule has 0 aliphatic rings. The quantitative estimate of drug-likeness (QED) is 0.734. The molecule has 0 spiro atoms. The van der Waals surface area contributed by atoms with Crippen LogP contribution in [0.15, 0.2) is 30.3 Å². The molecule has 1 aromatic carbocycles. The van der Waals surface area contributed by atoms with Crippen LogP contribution in [0.4, 0.5) is 0 Å². The van der Waals surface area contributed by atoms with Crippen molar-refractivity contribution in [2.75, 3.05) is 0 Å². The van der Waals surface area contributed by atoms with Crippen molar-refractivity contribution in [3.8, 4) is 0 Å². The summed E-state index contributed by atoms with van der Waals surface area (Å²) in [5.41, 5.74) is 6.41. The van der Waals surface area contributed by atoms with Gasteiger partial charge < -0.3 is 10.8 Å². The second-order valence-electron chi connectivity index (χ2n) is 5.00. The monoisotopic (exact) mass is 309 g/mol. The summed E-state index contributed by atoms with van der Waals surface area (Å²) in [7, 11) is 0. The van der Waals surface area contributed by atoms with E-state index < -0.39 is 21.9 Å².